The number of hydrogen-bond acceptors (Lipinski definition) is 2. The Kier molecular flexibility index (Phi) is 3.53. The van der Waals surface area contributed by atoms with Gasteiger partial charge in [0.05, 0.1) is 6.54 Å². The van der Waals surface area contributed by atoms with E-state index in [2.05, 4.69) is 9.88 Å². The third-order valence-electron chi connectivity index (χ3n) is 3.97. The molecule has 1 fully saturated rings. The van der Waals surface area contributed by atoms with Crippen molar-refractivity contribution >= 4 is 11.5 Å². The minimum atomic E-state index is -0.306. The third kappa shape index (κ3) is 2.84. The summed E-state index contributed by atoms with van der Waals surface area (Å²) < 4.78 is 15.4. The van der Waals surface area contributed by atoms with Crippen LogP contribution in [0.1, 0.15) is 40.6 Å². The van der Waals surface area contributed by atoms with Crippen LogP contribution >= 0.6 is 0 Å². The van der Waals surface area contributed by atoms with E-state index in [1.165, 1.54) is 25.0 Å². The number of hydrogen-bond donors (Lipinski definition) is 1. The van der Waals surface area contributed by atoms with Gasteiger partial charge in [0.1, 0.15) is 5.82 Å². The molecule has 2 aromatic rings. The zero-order valence-electron chi connectivity index (χ0n) is 12.3. The Bertz CT molecular complexity index is 686. The van der Waals surface area contributed by atoms with Crippen molar-refractivity contribution in [3.8, 4) is 0 Å². The summed E-state index contributed by atoms with van der Waals surface area (Å²) in [6.07, 6.45) is 2.40. The molecule has 3 rings (SSSR count). The lowest BCUT2D eigenvalue weighted by Gasteiger charge is -2.08. The maximum absolute atomic E-state index is 13.1. The Morgan fingerprint density at radius 2 is 2.10 bits per heavy atom. The van der Waals surface area contributed by atoms with Crippen LogP contribution in [0.4, 0.5) is 10.1 Å². The molecule has 21 heavy (non-hydrogen) atoms. The van der Waals surface area contributed by atoms with Crippen molar-refractivity contribution in [2.24, 2.45) is 0 Å². The number of nitrogens with one attached hydrogen (secondary N) is 1. The summed E-state index contributed by atoms with van der Waals surface area (Å²) in [5.41, 5.74) is 3.58. The van der Waals surface area contributed by atoms with Crippen molar-refractivity contribution in [1.82, 2.24) is 4.57 Å². The van der Waals surface area contributed by atoms with Crippen LogP contribution < -0.4 is 5.32 Å². The summed E-state index contributed by atoms with van der Waals surface area (Å²) in [6.45, 7) is 4.22. The summed E-state index contributed by atoms with van der Waals surface area (Å²) in [6, 6.07) is 8.69. The molecule has 1 N–H and O–H groups in total. The van der Waals surface area contributed by atoms with Gasteiger partial charge in [-0.2, -0.15) is 0 Å². The molecular formula is C17H19FN2O. The number of halogens is 1. The largest absolute Gasteiger partial charge is 0.377 e. The van der Waals surface area contributed by atoms with Gasteiger partial charge in [0.15, 0.2) is 5.78 Å². The van der Waals surface area contributed by atoms with Gasteiger partial charge in [-0.1, -0.05) is 6.07 Å². The number of anilines is 1. The van der Waals surface area contributed by atoms with Crippen molar-refractivity contribution in [3.63, 3.8) is 0 Å². The monoisotopic (exact) mass is 286 g/mol. The standard InChI is InChI=1S/C17H19FN2O/c1-11-8-16(12(2)20(11)15-6-7-15)17(21)10-19-14-5-3-4-13(18)9-14/h3-5,8-9,15,19H,6-7,10H2,1-2H3. The van der Waals surface area contributed by atoms with Gasteiger partial charge in [0.25, 0.3) is 0 Å². The molecular weight excluding hydrogens is 267 g/mol. The average Bonchev–Trinajstić information content (AvgIpc) is 3.22. The van der Waals surface area contributed by atoms with E-state index >= 15 is 0 Å². The lowest BCUT2D eigenvalue weighted by atomic mass is 10.1. The fourth-order valence-electron chi connectivity index (χ4n) is 2.83. The van der Waals surface area contributed by atoms with Gasteiger partial charge in [-0.3, -0.25) is 4.79 Å². The quantitative estimate of drug-likeness (QED) is 0.846. The molecule has 1 heterocycles. The molecule has 0 atom stereocenters. The predicted octanol–water partition coefficient (Wildman–Crippen LogP) is 3.87. The van der Waals surface area contributed by atoms with Gasteiger partial charge in [-0.15, -0.1) is 0 Å². The zero-order chi connectivity index (χ0) is 15.0. The molecule has 0 aliphatic heterocycles. The molecule has 0 amide bonds. The Hall–Kier alpha value is -2.10. The molecule has 4 heteroatoms. The van der Waals surface area contributed by atoms with Crippen LogP contribution in [0.15, 0.2) is 30.3 Å². The zero-order valence-corrected chi connectivity index (χ0v) is 12.3. The Balaban J connectivity index is 1.72. The first-order chi connectivity index (χ1) is 10.1. The smallest absolute Gasteiger partial charge is 0.183 e. The second-order valence-corrected chi connectivity index (χ2v) is 5.67. The van der Waals surface area contributed by atoms with Gasteiger partial charge < -0.3 is 9.88 Å². The summed E-state index contributed by atoms with van der Waals surface area (Å²) in [5, 5.41) is 2.99. The molecule has 1 aromatic carbocycles. The first kappa shape index (κ1) is 13.9. The van der Waals surface area contributed by atoms with Gasteiger partial charge in [-0.05, 0) is 51.0 Å². The highest BCUT2D eigenvalue weighted by Gasteiger charge is 2.28. The highest BCUT2D eigenvalue weighted by atomic mass is 19.1. The SMILES string of the molecule is Cc1cc(C(=O)CNc2cccc(F)c2)c(C)n1C1CC1. The van der Waals surface area contributed by atoms with Gasteiger partial charge in [0, 0.05) is 28.7 Å². The van der Waals surface area contributed by atoms with E-state index < -0.39 is 0 Å². The summed E-state index contributed by atoms with van der Waals surface area (Å²) in [5.74, 6) is -0.265. The fraction of sp³-hybridized carbons (Fsp3) is 0.353. The van der Waals surface area contributed by atoms with Crippen molar-refractivity contribution in [1.29, 1.82) is 0 Å². The summed E-state index contributed by atoms with van der Waals surface area (Å²) in [7, 11) is 0. The predicted molar refractivity (Wildman–Crippen MR) is 81.4 cm³/mol. The molecule has 1 saturated carbocycles. The van der Waals surface area contributed by atoms with E-state index in [9.17, 15) is 9.18 Å². The maximum Gasteiger partial charge on any atom is 0.183 e. The molecule has 3 nitrogen and oxygen atoms in total. The number of nitrogens with zero attached hydrogens (tertiary/aromatic N) is 1. The molecule has 0 bridgehead atoms. The van der Waals surface area contributed by atoms with Crippen molar-refractivity contribution in [3.05, 3.63) is 53.1 Å². The van der Waals surface area contributed by atoms with E-state index in [0.29, 0.717) is 11.7 Å². The number of aryl methyl sites for hydroxylation is 1. The topological polar surface area (TPSA) is 34.0 Å². The number of benzene rings is 1. The minimum absolute atomic E-state index is 0.0410. The molecule has 1 aromatic heterocycles. The van der Waals surface area contributed by atoms with Crippen molar-refractivity contribution in [2.75, 3.05) is 11.9 Å². The average molecular weight is 286 g/mol. The van der Waals surface area contributed by atoms with Crippen LogP contribution in [-0.4, -0.2) is 16.9 Å². The second kappa shape index (κ2) is 5.35. The van der Waals surface area contributed by atoms with Crippen LogP contribution in [0.5, 0.6) is 0 Å². The molecule has 0 radical (unpaired) electrons. The van der Waals surface area contributed by atoms with Crippen LogP contribution in [0, 0.1) is 19.7 Å². The van der Waals surface area contributed by atoms with Crippen LogP contribution in [0.25, 0.3) is 0 Å². The van der Waals surface area contributed by atoms with Crippen LogP contribution in [0.3, 0.4) is 0 Å². The lowest BCUT2D eigenvalue weighted by Crippen LogP contribution is -2.15. The number of aromatic nitrogens is 1. The van der Waals surface area contributed by atoms with E-state index in [0.717, 1.165) is 17.0 Å². The molecule has 110 valence electrons. The maximum atomic E-state index is 13.1. The molecule has 1 aliphatic carbocycles. The first-order valence-electron chi connectivity index (χ1n) is 7.27. The van der Waals surface area contributed by atoms with E-state index in [4.69, 9.17) is 0 Å². The Morgan fingerprint density at radius 1 is 1.33 bits per heavy atom. The number of rotatable bonds is 5. The normalized spacial score (nSPS) is 14.2. The van der Waals surface area contributed by atoms with Gasteiger partial charge in [-0.25, -0.2) is 4.39 Å². The summed E-state index contributed by atoms with van der Waals surface area (Å²) >= 11 is 0. The van der Waals surface area contributed by atoms with E-state index in [-0.39, 0.29) is 18.1 Å². The molecule has 0 unspecified atom stereocenters. The fourth-order valence-corrected chi connectivity index (χ4v) is 2.83. The number of carbonyl (C=O) groups is 1. The lowest BCUT2D eigenvalue weighted by molar-refractivity contribution is 0.101. The highest BCUT2D eigenvalue weighted by Crippen LogP contribution is 2.38. The number of carbonyl (C=O) groups excluding carboxylic acids is 1. The van der Waals surface area contributed by atoms with Crippen molar-refractivity contribution < 1.29 is 9.18 Å². The van der Waals surface area contributed by atoms with Crippen LogP contribution in [0.2, 0.25) is 0 Å². The molecule has 0 spiro atoms. The third-order valence-corrected chi connectivity index (χ3v) is 3.97. The first-order valence-corrected chi connectivity index (χ1v) is 7.27. The Labute approximate surface area is 123 Å². The second-order valence-electron chi connectivity index (χ2n) is 5.67. The minimum Gasteiger partial charge on any atom is -0.377 e. The highest BCUT2D eigenvalue weighted by molar-refractivity contribution is 6.00. The summed E-state index contributed by atoms with van der Waals surface area (Å²) in [4.78, 5) is 12.4. The van der Waals surface area contributed by atoms with Gasteiger partial charge >= 0.3 is 0 Å². The van der Waals surface area contributed by atoms with E-state index in [1.54, 1.807) is 12.1 Å². The molecule has 1 aliphatic rings. The van der Waals surface area contributed by atoms with E-state index in [1.807, 2.05) is 19.9 Å². The van der Waals surface area contributed by atoms with Crippen LogP contribution in [-0.2, 0) is 0 Å². The van der Waals surface area contributed by atoms with Gasteiger partial charge in [0.2, 0.25) is 0 Å². The number of Topliss-reactive ketones (excluding diaryl/α,β-unsaturated/α-hetero) is 1. The van der Waals surface area contributed by atoms with Crippen molar-refractivity contribution in [2.45, 2.75) is 32.7 Å². The molecule has 0 saturated heterocycles. The number of ketones is 1. The Morgan fingerprint density at radius 3 is 2.76 bits per heavy atom.